The number of fused-ring (bicyclic) bond motifs is 4. The van der Waals surface area contributed by atoms with E-state index in [2.05, 4.69) is 15.9 Å². The van der Waals surface area contributed by atoms with Gasteiger partial charge in [0.25, 0.3) is 11.8 Å². The van der Waals surface area contributed by atoms with Gasteiger partial charge in [0, 0.05) is 21.0 Å². The van der Waals surface area contributed by atoms with Gasteiger partial charge in [-0.3, -0.25) is 14.4 Å². The maximum atomic E-state index is 12.9. The molecule has 0 saturated carbocycles. The van der Waals surface area contributed by atoms with Crippen LogP contribution in [0.5, 0.6) is 0 Å². The number of anilines is 1. The van der Waals surface area contributed by atoms with Gasteiger partial charge in [0.05, 0.1) is 16.7 Å². The van der Waals surface area contributed by atoms with E-state index in [1.807, 2.05) is 17.5 Å². The van der Waals surface area contributed by atoms with Crippen molar-refractivity contribution in [3.8, 4) is 11.1 Å². The topological polar surface area (TPSA) is 54.5 Å². The van der Waals surface area contributed by atoms with E-state index in [0.29, 0.717) is 27.3 Å². The lowest BCUT2D eigenvalue weighted by Gasteiger charge is -2.12. The first-order valence-corrected chi connectivity index (χ1v) is 9.19. The van der Waals surface area contributed by atoms with Crippen LogP contribution in [0.25, 0.3) is 11.1 Å². The summed E-state index contributed by atoms with van der Waals surface area (Å²) in [6, 6.07) is 12.3. The molecule has 0 bridgehead atoms. The summed E-state index contributed by atoms with van der Waals surface area (Å²) in [6.07, 6.45) is 0. The van der Waals surface area contributed by atoms with E-state index in [9.17, 15) is 14.4 Å². The Morgan fingerprint density at radius 3 is 2.16 bits per heavy atom. The lowest BCUT2D eigenvalue weighted by Crippen LogP contribution is -2.29. The van der Waals surface area contributed by atoms with Gasteiger partial charge in [-0.1, -0.05) is 34.1 Å². The molecule has 2 aromatic carbocycles. The fraction of sp³-hybridized carbons (Fsp3) is 0. The SMILES string of the molecule is O=C1c2cc(Br)ccc2-c2csc(N3C(=O)c4ccccc4C3=O)c21. The number of carbonyl (C=O) groups is 3. The molecule has 0 fully saturated rings. The third-order valence-corrected chi connectivity index (χ3v) is 5.97. The maximum absolute atomic E-state index is 12.9. The van der Waals surface area contributed by atoms with E-state index >= 15 is 0 Å². The Kier molecular flexibility index (Phi) is 2.93. The van der Waals surface area contributed by atoms with Crippen molar-refractivity contribution in [2.75, 3.05) is 4.90 Å². The van der Waals surface area contributed by atoms with Gasteiger partial charge in [-0.05, 0) is 29.8 Å². The molecule has 1 aliphatic carbocycles. The molecular weight excluding hydrogens is 402 g/mol. The summed E-state index contributed by atoms with van der Waals surface area (Å²) in [5, 5.41) is 2.24. The maximum Gasteiger partial charge on any atom is 0.266 e. The molecule has 3 aromatic rings. The quantitative estimate of drug-likeness (QED) is 0.434. The van der Waals surface area contributed by atoms with Crippen LogP contribution in [-0.2, 0) is 0 Å². The number of nitrogens with zero attached hydrogens (tertiary/aromatic N) is 1. The Morgan fingerprint density at radius 2 is 1.48 bits per heavy atom. The highest BCUT2D eigenvalue weighted by Gasteiger charge is 2.41. The van der Waals surface area contributed by atoms with E-state index in [1.165, 1.54) is 11.3 Å². The number of hydrogen-bond acceptors (Lipinski definition) is 4. The number of hydrogen-bond donors (Lipinski definition) is 0. The molecule has 4 nitrogen and oxygen atoms in total. The number of halogens is 1. The smallest absolute Gasteiger partial charge is 0.266 e. The van der Waals surface area contributed by atoms with E-state index in [4.69, 9.17) is 0 Å². The average molecular weight is 410 g/mol. The van der Waals surface area contributed by atoms with Crippen LogP contribution < -0.4 is 4.90 Å². The predicted octanol–water partition coefficient (Wildman–Crippen LogP) is 4.52. The monoisotopic (exact) mass is 409 g/mol. The Bertz CT molecular complexity index is 1100. The minimum atomic E-state index is -0.379. The van der Waals surface area contributed by atoms with Crippen molar-refractivity contribution in [3.63, 3.8) is 0 Å². The van der Waals surface area contributed by atoms with E-state index in [1.54, 1.807) is 30.3 Å². The van der Waals surface area contributed by atoms with Crippen molar-refractivity contribution in [1.29, 1.82) is 0 Å². The van der Waals surface area contributed by atoms with Crippen LogP contribution in [0.4, 0.5) is 5.00 Å². The zero-order chi connectivity index (χ0) is 17.3. The largest absolute Gasteiger partial charge is 0.288 e. The summed E-state index contributed by atoms with van der Waals surface area (Å²) >= 11 is 4.63. The Labute approximate surface area is 154 Å². The summed E-state index contributed by atoms with van der Waals surface area (Å²) in [6.45, 7) is 0. The molecule has 0 atom stereocenters. The predicted molar refractivity (Wildman–Crippen MR) is 98.5 cm³/mol. The van der Waals surface area contributed by atoms with E-state index in [-0.39, 0.29) is 17.6 Å². The zero-order valence-corrected chi connectivity index (χ0v) is 15.0. The van der Waals surface area contributed by atoms with Gasteiger partial charge in [0.1, 0.15) is 5.00 Å². The van der Waals surface area contributed by atoms with Crippen LogP contribution in [0.2, 0.25) is 0 Å². The van der Waals surface area contributed by atoms with E-state index in [0.717, 1.165) is 20.5 Å². The molecular formula is C19H8BrNO3S. The van der Waals surface area contributed by atoms with Crippen LogP contribution in [0.3, 0.4) is 0 Å². The Morgan fingerprint density at radius 1 is 0.800 bits per heavy atom. The molecule has 2 aliphatic rings. The van der Waals surface area contributed by atoms with Gasteiger partial charge in [0.2, 0.25) is 0 Å². The highest BCUT2D eigenvalue weighted by atomic mass is 79.9. The summed E-state index contributed by atoms with van der Waals surface area (Å²) in [4.78, 5) is 39.5. The molecule has 25 heavy (non-hydrogen) atoms. The Hall–Kier alpha value is -2.57. The minimum absolute atomic E-state index is 0.154. The number of carbonyl (C=O) groups excluding carboxylic acids is 3. The first kappa shape index (κ1) is 14.7. The number of imide groups is 1. The van der Waals surface area contributed by atoms with Crippen LogP contribution in [0, 0.1) is 0 Å². The van der Waals surface area contributed by atoms with E-state index < -0.39 is 0 Å². The standard InChI is InChI=1S/C19H8BrNO3S/c20-9-5-6-10-13(7-9)16(22)15-14(10)8-25-19(15)21-17(23)11-3-1-2-4-12(11)18(21)24/h1-8H. The number of benzene rings is 2. The summed E-state index contributed by atoms with van der Waals surface area (Å²) in [7, 11) is 0. The third-order valence-electron chi connectivity index (χ3n) is 4.51. The zero-order valence-electron chi connectivity index (χ0n) is 12.6. The van der Waals surface area contributed by atoms with Crippen LogP contribution >= 0.6 is 27.3 Å². The molecule has 0 radical (unpaired) electrons. The van der Waals surface area contributed by atoms with Crippen LogP contribution in [0.15, 0.2) is 52.3 Å². The van der Waals surface area contributed by atoms with Gasteiger partial charge < -0.3 is 0 Å². The second kappa shape index (κ2) is 4.97. The number of thiophene rings is 1. The number of ketones is 1. The molecule has 0 spiro atoms. The van der Waals surface area contributed by atoms with Gasteiger partial charge in [-0.2, -0.15) is 0 Å². The molecule has 2 heterocycles. The molecule has 1 aliphatic heterocycles. The molecule has 2 amide bonds. The van der Waals surface area contributed by atoms with Crippen molar-refractivity contribution in [1.82, 2.24) is 0 Å². The van der Waals surface area contributed by atoms with Crippen molar-refractivity contribution < 1.29 is 14.4 Å². The van der Waals surface area contributed by atoms with Gasteiger partial charge >= 0.3 is 0 Å². The second-order valence-corrected chi connectivity index (χ2v) is 7.61. The number of rotatable bonds is 1. The Balaban J connectivity index is 1.69. The molecule has 6 heteroatoms. The first-order chi connectivity index (χ1) is 12.1. The minimum Gasteiger partial charge on any atom is -0.288 e. The van der Waals surface area contributed by atoms with Gasteiger partial charge in [-0.15, -0.1) is 11.3 Å². The highest BCUT2D eigenvalue weighted by Crippen LogP contribution is 2.47. The van der Waals surface area contributed by atoms with Crippen molar-refractivity contribution >= 4 is 49.9 Å². The molecule has 0 N–H and O–H groups in total. The molecule has 1 aromatic heterocycles. The van der Waals surface area contributed by atoms with Crippen LogP contribution in [-0.4, -0.2) is 17.6 Å². The van der Waals surface area contributed by atoms with Crippen molar-refractivity contribution in [2.24, 2.45) is 0 Å². The molecule has 120 valence electrons. The fourth-order valence-electron chi connectivity index (χ4n) is 3.38. The lowest BCUT2D eigenvalue weighted by molar-refractivity contribution is 0.0927. The average Bonchev–Trinajstić information content (AvgIpc) is 3.22. The molecule has 5 rings (SSSR count). The lowest BCUT2D eigenvalue weighted by atomic mass is 10.1. The highest BCUT2D eigenvalue weighted by molar-refractivity contribution is 9.10. The van der Waals surface area contributed by atoms with Crippen molar-refractivity contribution in [3.05, 3.63) is 74.6 Å². The normalized spacial score (nSPS) is 14.8. The summed E-state index contributed by atoms with van der Waals surface area (Å²) in [5.41, 5.74) is 3.39. The fourth-order valence-corrected chi connectivity index (χ4v) is 4.80. The first-order valence-electron chi connectivity index (χ1n) is 7.52. The molecule has 0 unspecified atom stereocenters. The van der Waals surface area contributed by atoms with Crippen LogP contribution in [0.1, 0.15) is 36.6 Å². The summed E-state index contributed by atoms with van der Waals surface area (Å²) < 4.78 is 0.815. The summed E-state index contributed by atoms with van der Waals surface area (Å²) in [5.74, 6) is -0.913. The van der Waals surface area contributed by atoms with Crippen molar-refractivity contribution in [2.45, 2.75) is 0 Å². The van der Waals surface area contributed by atoms with Gasteiger partial charge in [-0.25, -0.2) is 4.90 Å². The number of amides is 2. The van der Waals surface area contributed by atoms with Gasteiger partial charge in [0.15, 0.2) is 5.78 Å². The third kappa shape index (κ3) is 1.83. The molecule has 0 saturated heterocycles. The second-order valence-electron chi connectivity index (χ2n) is 5.84.